The SMILES string of the molecule is CC1(C)CCN(Cc2ccccc2CC(=O)O)C1. The van der Waals surface area contributed by atoms with Crippen molar-refractivity contribution in [1.82, 2.24) is 4.90 Å². The Kier molecular flexibility index (Phi) is 3.71. The lowest BCUT2D eigenvalue weighted by Crippen LogP contribution is -2.23. The summed E-state index contributed by atoms with van der Waals surface area (Å²) in [6, 6.07) is 7.87. The van der Waals surface area contributed by atoms with Crippen molar-refractivity contribution in [1.29, 1.82) is 0 Å². The van der Waals surface area contributed by atoms with E-state index in [4.69, 9.17) is 5.11 Å². The van der Waals surface area contributed by atoms with Crippen molar-refractivity contribution < 1.29 is 9.90 Å². The molecule has 1 heterocycles. The van der Waals surface area contributed by atoms with E-state index in [-0.39, 0.29) is 6.42 Å². The zero-order chi connectivity index (χ0) is 13.2. The highest BCUT2D eigenvalue weighted by Gasteiger charge is 2.29. The number of hydrogen-bond donors (Lipinski definition) is 1. The van der Waals surface area contributed by atoms with Gasteiger partial charge in [0, 0.05) is 13.1 Å². The second-order valence-electron chi connectivity index (χ2n) is 5.96. The molecule has 1 saturated heterocycles. The Morgan fingerprint density at radius 1 is 1.33 bits per heavy atom. The molecule has 0 aromatic heterocycles. The Balaban J connectivity index is 2.07. The van der Waals surface area contributed by atoms with Gasteiger partial charge < -0.3 is 5.11 Å². The monoisotopic (exact) mass is 247 g/mol. The number of aliphatic carboxylic acids is 1. The third-order valence-corrected chi connectivity index (χ3v) is 3.61. The van der Waals surface area contributed by atoms with Gasteiger partial charge in [0.2, 0.25) is 0 Å². The smallest absolute Gasteiger partial charge is 0.307 e. The highest BCUT2D eigenvalue weighted by molar-refractivity contribution is 5.70. The Bertz CT molecular complexity index is 440. The van der Waals surface area contributed by atoms with Crippen LogP contribution in [0.3, 0.4) is 0 Å². The number of hydrogen-bond acceptors (Lipinski definition) is 2. The molecular formula is C15H21NO2. The molecule has 0 atom stereocenters. The van der Waals surface area contributed by atoms with Crippen LogP contribution in [0.4, 0.5) is 0 Å². The molecule has 0 amide bonds. The fourth-order valence-corrected chi connectivity index (χ4v) is 2.65. The van der Waals surface area contributed by atoms with Crippen molar-refractivity contribution in [3.63, 3.8) is 0 Å². The third kappa shape index (κ3) is 3.33. The van der Waals surface area contributed by atoms with Crippen molar-refractivity contribution >= 4 is 5.97 Å². The lowest BCUT2D eigenvalue weighted by atomic mass is 9.93. The van der Waals surface area contributed by atoms with Crippen LogP contribution in [-0.2, 0) is 17.8 Å². The number of benzene rings is 1. The molecule has 0 unspecified atom stereocenters. The predicted molar refractivity (Wildman–Crippen MR) is 71.5 cm³/mol. The second kappa shape index (κ2) is 5.11. The van der Waals surface area contributed by atoms with Gasteiger partial charge in [-0.15, -0.1) is 0 Å². The summed E-state index contributed by atoms with van der Waals surface area (Å²) < 4.78 is 0. The van der Waals surface area contributed by atoms with Gasteiger partial charge in [0.05, 0.1) is 6.42 Å². The van der Waals surface area contributed by atoms with Crippen LogP contribution >= 0.6 is 0 Å². The molecule has 0 aliphatic carbocycles. The van der Waals surface area contributed by atoms with Crippen molar-refractivity contribution in [2.24, 2.45) is 5.41 Å². The maximum atomic E-state index is 10.8. The lowest BCUT2D eigenvalue weighted by molar-refractivity contribution is -0.136. The first-order valence-corrected chi connectivity index (χ1v) is 6.47. The molecule has 98 valence electrons. The summed E-state index contributed by atoms with van der Waals surface area (Å²) in [7, 11) is 0. The Hall–Kier alpha value is -1.35. The van der Waals surface area contributed by atoms with Crippen molar-refractivity contribution in [2.75, 3.05) is 13.1 Å². The number of nitrogens with zero attached hydrogens (tertiary/aromatic N) is 1. The minimum atomic E-state index is -0.760. The van der Waals surface area contributed by atoms with Crippen LogP contribution in [0.2, 0.25) is 0 Å². The van der Waals surface area contributed by atoms with Crippen LogP contribution in [0, 0.1) is 5.41 Å². The molecule has 18 heavy (non-hydrogen) atoms. The molecule has 1 aliphatic rings. The quantitative estimate of drug-likeness (QED) is 0.889. The van der Waals surface area contributed by atoms with Gasteiger partial charge in [-0.05, 0) is 29.5 Å². The summed E-state index contributed by atoms with van der Waals surface area (Å²) in [5, 5.41) is 8.92. The van der Waals surface area contributed by atoms with E-state index in [0.29, 0.717) is 5.41 Å². The molecule has 1 N–H and O–H groups in total. The van der Waals surface area contributed by atoms with E-state index in [2.05, 4.69) is 18.7 Å². The van der Waals surface area contributed by atoms with E-state index in [1.54, 1.807) is 0 Å². The maximum Gasteiger partial charge on any atom is 0.307 e. The summed E-state index contributed by atoms with van der Waals surface area (Å²) in [6.07, 6.45) is 1.33. The Labute approximate surface area is 108 Å². The van der Waals surface area contributed by atoms with E-state index >= 15 is 0 Å². The largest absolute Gasteiger partial charge is 0.481 e. The number of carboxylic acid groups (broad SMARTS) is 1. The molecule has 1 aromatic rings. The summed E-state index contributed by atoms with van der Waals surface area (Å²) >= 11 is 0. The predicted octanol–water partition coefficient (Wildman–Crippen LogP) is 2.55. The van der Waals surface area contributed by atoms with Crippen molar-refractivity contribution in [3.05, 3.63) is 35.4 Å². The van der Waals surface area contributed by atoms with Gasteiger partial charge in [-0.25, -0.2) is 0 Å². The van der Waals surface area contributed by atoms with Gasteiger partial charge >= 0.3 is 5.97 Å². The van der Waals surface area contributed by atoms with Crippen molar-refractivity contribution in [3.8, 4) is 0 Å². The highest BCUT2D eigenvalue weighted by Crippen LogP contribution is 2.30. The first-order chi connectivity index (χ1) is 8.46. The molecule has 3 nitrogen and oxygen atoms in total. The zero-order valence-electron chi connectivity index (χ0n) is 11.1. The van der Waals surface area contributed by atoms with Gasteiger partial charge in [-0.2, -0.15) is 0 Å². The van der Waals surface area contributed by atoms with Gasteiger partial charge in [-0.1, -0.05) is 38.1 Å². The zero-order valence-corrected chi connectivity index (χ0v) is 11.1. The number of carbonyl (C=O) groups is 1. The first kappa shape index (κ1) is 13.1. The molecule has 3 heteroatoms. The topological polar surface area (TPSA) is 40.5 Å². The van der Waals surface area contributed by atoms with Crippen LogP contribution < -0.4 is 0 Å². The van der Waals surface area contributed by atoms with Crippen LogP contribution in [0.5, 0.6) is 0 Å². The number of carboxylic acids is 1. The normalized spacial score (nSPS) is 19.0. The van der Waals surface area contributed by atoms with E-state index in [9.17, 15) is 4.79 Å². The van der Waals surface area contributed by atoms with E-state index < -0.39 is 5.97 Å². The summed E-state index contributed by atoms with van der Waals surface area (Å²) in [5.41, 5.74) is 2.48. The van der Waals surface area contributed by atoms with Crippen LogP contribution in [-0.4, -0.2) is 29.1 Å². The third-order valence-electron chi connectivity index (χ3n) is 3.61. The van der Waals surface area contributed by atoms with Gasteiger partial charge in [0.25, 0.3) is 0 Å². The molecule has 1 fully saturated rings. The highest BCUT2D eigenvalue weighted by atomic mass is 16.4. The Morgan fingerprint density at radius 2 is 2.00 bits per heavy atom. The molecule has 0 bridgehead atoms. The minimum Gasteiger partial charge on any atom is -0.481 e. The maximum absolute atomic E-state index is 10.8. The van der Waals surface area contributed by atoms with E-state index in [1.807, 2.05) is 24.3 Å². The molecular weight excluding hydrogens is 226 g/mol. The van der Waals surface area contributed by atoms with Gasteiger partial charge in [0.15, 0.2) is 0 Å². The van der Waals surface area contributed by atoms with Gasteiger partial charge in [-0.3, -0.25) is 9.69 Å². The number of likely N-dealkylation sites (tertiary alicyclic amines) is 1. The van der Waals surface area contributed by atoms with Crippen LogP contribution in [0.1, 0.15) is 31.4 Å². The van der Waals surface area contributed by atoms with Crippen LogP contribution in [0.25, 0.3) is 0 Å². The molecule has 0 radical (unpaired) electrons. The number of rotatable bonds is 4. The standard InChI is InChI=1S/C15H21NO2/c1-15(2)7-8-16(11-15)10-13-6-4-3-5-12(13)9-14(17)18/h3-6H,7-11H2,1-2H3,(H,17,18). The van der Waals surface area contributed by atoms with Crippen molar-refractivity contribution in [2.45, 2.75) is 33.2 Å². The van der Waals surface area contributed by atoms with E-state index in [1.165, 1.54) is 6.42 Å². The lowest BCUT2D eigenvalue weighted by Gasteiger charge is -2.20. The molecule has 1 aromatic carbocycles. The first-order valence-electron chi connectivity index (χ1n) is 6.47. The minimum absolute atomic E-state index is 0.118. The van der Waals surface area contributed by atoms with Gasteiger partial charge in [0.1, 0.15) is 0 Å². The molecule has 2 rings (SSSR count). The van der Waals surface area contributed by atoms with E-state index in [0.717, 1.165) is 30.8 Å². The fraction of sp³-hybridized carbons (Fsp3) is 0.533. The molecule has 0 saturated carbocycles. The summed E-state index contributed by atoms with van der Waals surface area (Å²) in [5.74, 6) is -0.760. The average Bonchev–Trinajstić information content (AvgIpc) is 2.60. The molecule has 1 aliphatic heterocycles. The summed E-state index contributed by atoms with van der Waals surface area (Å²) in [4.78, 5) is 13.3. The average molecular weight is 247 g/mol. The molecule has 0 spiro atoms. The Morgan fingerprint density at radius 3 is 2.56 bits per heavy atom. The second-order valence-corrected chi connectivity index (χ2v) is 5.96. The summed E-state index contributed by atoms with van der Waals surface area (Å²) in [6.45, 7) is 7.64. The van der Waals surface area contributed by atoms with Crippen LogP contribution in [0.15, 0.2) is 24.3 Å². The fourth-order valence-electron chi connectivity index (χ4n) is 2.65.